The lowest BCUT2D eigenvalue weighted by atomic mass is 10.0. The van der Waals surface area contributed by atoms with Crippen molar-refractivity contribution < 1.29 is 22.3 Å². The fourth-order valence-electron chi connectivity index (χ4n) is 3.61. The highest BCUT2D eigenvalue weighted by Crippen LogP contribution is 2.28. The van der Waals surface area contributed by atoms with Crippen LogP contribution in [0.5, 0.6) is 5.75 Å². The van der Waals surface area contributed by atoms with Gasteiger partial charge < -0.3 is 9.47 Å². The van der Waals surface area contributed by atoms with Gasteiger partial charge >= 0.3 is 0 Å². The van der Waals surface area contributed by atoms with Gasteiger partial charge in [-0.05, 0) is 54.8 Å². The van der Waals surface area contributed by atoms with E-state index < -0.39 is 10.0 Å². The van der Waals surface area contributed by atoms with Crippen molar-refractivity contribution in [2.24, 2.45) is 0 Å². The van der Waals surface area contributed by atoms with Gasteiger partial charge in [0.1, 0.15) is 11.6 Å². The SMILES string of the molecule is COc1ccc(S(=O)(=O)NCC(c2cccc(F)c2)N2CCOCC2)c(C)c1C. The van der Waals surface area contributed by atoms with E-state index in [2.05, 4.69) is 9.62 Å². The van der Waals surface area contributed by atoms with Crippen molar-refractivity contribution in [3.05, 3.63) is 58.9 Å². The largest absolute Gasteiger partial charge is 0.496 e. The first kappa shape index (κ1) is 21.7. The average Bonchev–Trinajstić information content (AvgIpc) is 2.71. The summed E-state index contributed by atoms with van der Waals surface area (Å²) in [7, 11) is -2.19. The van der Waals surface area contributed by atoms with Gasteiger partial charge in [-0.2, -0.15) is 0 Å². The fraction of sp³-hybridized carbons (Fsp3) is 0.429. The van der Waals surface area contributed by atoms with Gasteiger partial charge in [0.15, 0.2) is 0 Å². The summed E-state index contributed by atoms with van der Waals surface area (Å²) in [5.74, 6) is 0.303. The molecular formula is C21H27FN2O4S. The number of sulfonamides is 1. The summed E-state index contributed by atoms with van der Waals surface area (Å²) < 4.78 is 53.3. The molecule has 3 rings (SSSR count). The van der Waals surface area contributed by atoms with E-state index in [0.717, 1.165) is 11.1 Å². The van der Waals surface area contributed by atoms with Crippen LogP contribution in [0.1, 0.15) is 22.7 Å². The predicted molar refractivity (Wildman–Crippen MR) is 109 cm³/mol. The summed E-state index contributed by atoms with van der Waals surface area (Å²) >= 11 is 0. The molecule has 6 nitrogen and oxygen atoms in total. The molecule has 1 atom stereocenters. The van der Waals surface area contributed by atoms with E-state index >= 15 is 0 Å². The van der Waals surface area contributed by atoms with E-state index in [1.807, 2.05) is 13.0 Å². The molecule has 0 bridgehead atoms. The first-order chi connectivity index (χ1) is 13.8. The average molecular weight is 423 g/mol. The number of methoxy groups -OCH3 is 1. The minimum Gasteiger partial charge on any atom is -0.496 e. The number of rotatable bonds is 7. The molecule has 1 heterocycles. The van der Waals surface area contributed by atoms with Crippen molar-refractivity contribution in [2.75, 3.05) is 40.0 Å². The van der Waals surface area contributed by atoms with Crippen molar-refractivity contribution in [1.82, 2.24) is 9.62 Å². The topological polar surface area (TPSA) is 67.9 Å². The molecule has 0 spiro atoms. The molecule has 158 valence electrons. The molecule has 0 aromatic heterocycles. The van der Waals surface area contributed by atoms with Crippen molar-refractivity contribution in [1.29, 1.82) is 0 Å². The Morgan fingerprint density at radius 3 is 2.55 bits per heavy atom. The molecule has 1 saturated heterocycles. The number of hydrogen-bond donors (Lipinski definition) is 1. The van der Waals surface area contributed by atoms with Crippen LogP contribution in [0.4, 0.5) is 4.39 Å². The van der Waals surface area contributed by atoms with Crippen LogP contribution < -0.4 is 9.46 Å². The predicted octanol–water partition coefficient (Wildman–Crippen LogP) is 2.80. The van der Waals surface area contributed by atoms with E-state index in [9.17, 15) is 12.8 Å². The number of morpholine rings is 1. The Kier molecular flexibility index (Phi) is 6.89. The van der Waals surface area contributed by atoms with Crippen LogP contribution in [-0.4, -0.2) is 53.3 Å². The Balaban J connectivity index is 1.85. The lowest BCUT2D eigenvalue weighted by molar-refractivity contribution is 0.0171. The molecule has 2 aromatic carbocycles. The number of ether oxygens (including phenoxy) is 2. The third-order valence-corrected chi connectivity index (χ3v) is 6.95. The minimum atomic E-state index is -3.75. The Bertz CT molecular complexity index is 959. The highest BCUT2D eigenvalue weighted by Gasteiger charge is 2.26. The van der Waals surface area contributed by atoms with Crippen LogP contribution in [0, 0.1) is 19.7 Å². The van der Waals surface area contributed by atoms with Crippen molar-refractivity contribution >= 4 is 10.0 Å². The molecule has 29 heavy (non-hydrogen) atoms. The molecule has 2 aromatic rings. The Morgan fingerprint density at radius 2 is 1.90 bits per heavy atom. The summed E-state index contributed by atoms with van der Waals surface area (Å²) in [6.07, 6.45) is 0. The lowest BCUT2D eigenvalue weighted by Gasteiger charge is -2.35. The Labute approximate surface area is 171 Å². The smallest absolute Gasteiger partial charge is 0.240 e. The van der Waals surface area contributed by atoms with E-state index in [4.69, 9.17) is 9.47 Å². The zero-order chi connectivity index (χ0) is 21.0. The zero-order valence-electron chi connectivity index (χ0n) is 16.9. The standard InChI is InChI=1S/C21H27FN2O4S/c1-15-16(2)21(8-7-20(15)27-3)29(25,26)23-14-19(24-9-11-28-12-10-24)17-5-4-6-18(22)13-17/h4-8,13,19,23H,9-12,14H2,1-3H3. The molecule has 0 radical (unpaired) electrons. The van der Waals surface area contributed by atoms with Crippen molar-refractivity contribution in [2.45, 2.75) is 24.8 Å². The van der Waals surface area contributed by atoms with Gasteiger partial charge in [0.05, 0.1) is 25.2 Å². The van der Waals surface area contributed by atoms with Crippen LogP contribution in [0.2, 0.25) is 0 Å². The first-order valence-electron chi connectivity index (χ1n) is 9.54. The molecule has 1 unspecified atom stereocenters. The second-order valence-corrected chi connectivity index (χ2v) is 8.82. The van der Waals surface area contributed by atoms with Crippen molar-refractivity contribution in [3.63, 3.8) is 0 Å². The van der Waals surface area contributed by atoms with E-state index in [1.54, 1.807) is 32.2 Å². The number of nitrogens with one attached hydrogen (secondary N) is 1. The monoisotopic (exact) mass is 422 g/mol. The van der Waals surface area contributed by atoms with E-state index in [0.29, 0.717) is 37.6 Å². The van der Waals surface area contributed by atoms with Gasteiger partial charge in [-0.25, -0.2) is 17.5 Å². The molecule has 1 aliphatic rings. The van der Waals surface area contributed by atoms with Crippen LogP contribution in [-0.2, 0) is 14.8 Å². The van der Waals surface area contributed by atoms with Crippen LogP contribution >= 0.6 is 0 Å². The number of benzene rings is 2. The molecule has 0 saturated carbocycles. The second-order valence-electron chi connectivity index (χ2n) is 7.09. The maximum absolute atomic E-state index is 13.8. The summed E-state index contributed by atoms with van der Waals surface area (Å²) in [5.41, 5.74) is 2.16. The molecule has 0 aliphatic carbocycles. The molecule has 1 N–H and O–H groups in total. The normalized spacial score (nSPS) is 16.6. The maximum atomic E-state index is 13.8. The van der Waals surface area contributed by atoms with E-state index in [1.165, 1.54) is 12.1 Å². The van der Waals surface area contributed by atoms with Crippen LogP contribution in [0.15, 0.2) is 41.3 Å². The van der Waals surface area contributed by atoms with E-state index in [-0.39, 0.29) is 23.3 Å². The Hall–Kier alpha value is -2.00. The molecule has 1 aliphatic heterocycles. The maximum Gasteiger partial charge on any atom is 0.240 e. The quantitative estimate of drug-likeness (QED) is 0.743. The number of hydrogen-bond acceptors (Lipinski definition) is 5. The third kappa shape index (κ3) is 4.95. The fourth-order valence-corrected chi connectivity index (χ4v) is 4.95. The molecule has 1 fully saturated rings. The van der Waals surface area contributed by atoms with Gasteiger partial charge in [0, 0.05) is 25.7 Å². The minimum absolute atomic E-state index is 0.135. The summed E-state index contributed by atoms with van der Waals surface area (Å²) in [6, 6.07) is 9.22. The Morgan fingerprint density at radius 1 is 1.17 bits per heavy atom. The van der Waals surface area contributed by atoms with Gasteiger partial charge in [-0.1, -0.05) is 12.1 Å². The van der Waals surface area contributed by atoms with Crippen LogP contribution in [0.25, 0.3) is 0 Å². The summed E-state index contributed by atoms with van der Waals surface area (Å²) in [6.45, 7) is 6.17. The van der Waals surface area contributed by atoms with Gasteiger partial charge in [0.2, 0.25) is 10.0 Å². The molecule has 8 heteroatoms. The second kappa shape index (κ2) is 9.21. The number of halogens is 1. The molecule has 0 amide bonds. The van der Waals surface area contributed by atoms with Gasteiger partial charge in [-0.3, -0.25) is 4.90 Å². The highest BCUT2D eigenvalue weighted by molar-refractivity contribution is 7.89. The lowest BCUT2D eigenvalue weighted by Crippen LogP contribution is -2.43. The zero-order valence-corrected chi connectivity index (χ0v) is 17.8. The number of nitrogens with zero attached hydrogens (tertiary/aromatic N) is 1. The molecular weight excluding hydrogens is 395 g/mol. The first-order valence-corrected chi connectivity index (χ1v) is 11.0. The van der Waals surface area contributed by atoms with Gasteiger partial charge in [-0.15, -0.1) is 0 Å². The van der Waals surface area contributed by atoms with Crippen LogP contribution in [0.3, 0.4) is 0 Å². The third-order valence-electron chi connectivity index (χ3n) is 5.38. The summed E-state index contributed by atoms with van der Waals surface area (Å²) in [5, 5.41) is 0. The summed E-state index contributed by atoms with van der Waals surface area (Å²) in [4.78, 5) is 2.34. The highest BCUT2D eigenvalue weighted by atomic mass is 32.2. The van der Waals surface area contributed by atoms with Gasteiger partial charge in [0.25, 0.3) is 0 Å². The van der Waals surface area contributed by atoms with Crippen molar-refractivity contribution in [3.8, 4) is 5.75 Å².